The summed E-state index contributed by atoms with van der Waals surface area (Å²) in [5, 5.41) is 2.80. The van der Waals surface area contributed by atoms with E-state index in [1.54, 1.807) is 23.1 Å². The molecule has 214 valence electrons. The van der Waals surface area contributed by atoms with Crippen molar-refractivity contribution in [1.82, 2.24) is 0 Å². The van der Waals surface area contributed by atoms with Gasteiger partial charge in [0.1, 0.15) is 5.75 Å². The number of hydrogen-bond acceptors (Lipinski definition) is 5. The zero-order chi connectivity index (χ0) is 29.1. The highest BCUT2D eigenvalue weighted by Gasteiger charge is 2.34. The minimum atomic E-state index is -3.61. The summed E-state index contributed by atoms with van der Waals surface area (Å²) in [5.74, 6) is -2.96. The molecule has 12 heteroatoms. The van der Waals surface area contributed by atoms with E-state index in [-0.39, 0.29) is 48.5 Å². The van der Waals surface area contributed by atoms with E-state index in [9.17, 15) is 30.8 Å². The van der Waals surface area contributed by atoms with Crippen LogP contribution in [0.4, 0.5) is 34.6 Å². The number of benzene rings is 3. The number of piperidine rings is 1. The number of methoxy groups -OCH3 is 1. The molecule has 7 nitrogen and oxygen atoms in total. The van der Waals surface area contributed by atoms with E-state index in [1.165, 1.54) is 56.5 Å². The molecule has 4 rings (SSSR count). The van der Waals surface area contributed by atoms with Gasteiger partial charge < -0.3 is 15.0 Å². The van der Waals surface area contributed by atoms with E-state index in [1.807, 2.05) is 0 Å². The van der Waals surface area contributed by atoms with Gasteiger partial charge >= 0.3 is 0 Å². The maximum atomic E-state index is 13.7. The number of rotatable bonds is 9. The van der Waals surface area contributed by atoms with Gasteiger partial charge in [-0.15, -0.1) is 0 Å². The molecule has 1 saturated heterocycles. The molecule has 1 amide bonds. The van der Waals surface area contributed by atoms with E-state index < -0.39 is 28.3 Å². The number of hydrogen-bond donors (Lipinski definition) is 2. The molecule has 1 aliphatic rings. The maximum Gasteiger partial charge on any atom is 0.263 e. The summed E-state index contributed by atoms with van der Waals surface area (Å²) in [6.07, 6.45) is -3.27. The Labute approximate surface area is 230 Å². The molecule has 40 heavy (non-hydrogen) atoms. The number of amides is 1. The molecule has 0 radical (unpaired) electrons. The molecule has 0 unspecified atom stereocenters. The zero-order valence-corrected chi connectivity index (χ0v) is 22.7. The topological polar surface area (TPSA) is 87.7 Å². The summed E-state index contributed by atoms with van der Waals surface area (Å²) in [6, 6.07) is 14.6. The third-order valence-corrected chi connectivity index (χ3v) is 7.97. The van der Waals surface area contributed by atoms with Gasteiger partial charge in [-0.3, -0.25) is 9.52 Å². The van der Waals surface area contributed by atoms with Gasteiger partial charge in [0.15, 0.2) is 0 Å². The van der Waals surface area contributed by atoms with E-state index >= 15 is 0 Å². The molecular weight excluding hydrogens is 550 g/mol. The quantitative estimate of drug-likeness (QED) is 0.281. The Morgan fingerprint density at radius 2 is 1.65 bits per heavy atom. The van der Waals surface area contributed by atoms with Crippen LogP contribution in [0.15, 0.2) is 60.7 Å². The first-order valence-electron chi connectivity index (χ1n) is 12.6. The predicted octanol–water partition coefficient (Wildman–Crippen LogP) is 6.55. The van der Waals surface area contributed by atoms with Gasteiger partial charge in [0.05, 0.1) is 18.6 Å². The third-order valence-electron chi connectivity index (χ3n) is 6.66. The molecule has 0 aromatic heterocycles. The zero-order valence-electron chi connectivity index (χ0n) is 21.9. The number of carbonyl (C=O) groups is 1. The summed E-state index contributed by atoms with van der Waals surface area (Å²) in [7, 11) is -2.15. The normalized spacial score (nSPS) is 15.1. The smallest absolute Gasteiger partial charge is 0.263 e. The minimum absolute atomic E-state index is 0.120. The van der Waals surface area contributed by atoms with Crippen LogP contribution in [-0.2, 0) is 10.0 Å². The number of nitrogens with one attached hydrogen (secondary N) is 2. The van der Waals surface area contributed by atoms with Gasteiger partial charge in [0.25, 0.3) is 18.3 Å². The lowest BCUT2D eigenvalue weighted by Crippen LogP contribution is -2.39. The lowest BCUT2D eigenvalue weighted by molar-refractivity contribution is -0.0221. The molecule has 2 N–H and O–H groups in total. The molecular formula is C28H29F4N3O4S. The highest BCUT2D eigenvalue weighted by Crippen LogP contribution is 2.37. The molecule has 3 aromatic rings. The van der Waals surface area contributed by atoms with Crippen LogP contribution in [0.3, 0.4) is 0 Å². The van der Waals surface area contributed by atoms with Gasteiger partial charge in [-0.05, 0) is 54.4 Å². The van der Waals surface area contributed by atoms with Crippen molar-refractivity contribution in [2.75, 3.05) is 40.9 Å². The van der Waals surface area contributed by atoms with Crippen LogP contribution in [0.1, 0.15) is 42.1 Å². The Balaban J connectivity index is 1.67. The van der Waals surface area contributed by atoms with Gasteiger partial charge in [0.2, 0.25) is 10.0 Å². The predicted molar refractivity (Wildman–Crippen MR) is 147 cm³/mol. The second-order valence-corrected chi connectivity index (χ2v) is 11.4. The Hall–Kier alpha value is -3.80. The fourth-order valence-corrected chi connectivity index (χ4v) is 5.02. The van der Waals surface area contributed by atoms with Crippen molar-refractivity contribution in [3.8, 4) is 16.9 Å². The van der Waals surface area contributed by atoms with Crippen molar-refractivity contribution < 1.29 is 35.5 Å². The minimum Gasteiger partial charge on any atom is -0.495 e. The number of sulfonamides is 1. The first-order valence-corrected chi connectivity index (χ1v) is 14.2. The Morgan fingerprint density at radius 1 is 1.00 bits per heavy atom. The van der Waals surface area contributed by atoms with Crippen LogP contribution in [0.2, 0.25) is 0 Å². The van der Waals surface area contributed by atoms with E-state index in [4.69, 9.17) is 4.74 Å². The largest absolute Gasteiger partial charge is 0.495 e. The van der Waals surface area contributed by atoms with Crippen LogP contribution >= 0.6 is 0 Å². The number of anilines is 3. The average Bonchev–Trinajstić information content (AvgIpc) is 2.93. The standard InChI is InChI=1S/C28H29F4N3O4S/c1-3-40(37,38)34-21-8-10-22(23(16-21)18-4-6-19(7-5-18)26(29)30)27(36)33-20-9-11-25(39-2)24(17-20)35-14-12-28(31,32)13-15-35/h4-11,16-17,26,34H,3,12-15H2,1-2H3,(H,33,36). The lowest BCUT2D eigenvalue weighted by Gasteiger charge is -2.34. The molecule has 1 aliphatic heterocycles. The van der Waals surface area contributed by atoms with Crippen LogP contribution < -0.4 is 19.7 Å². The number of ether oxygens (including phenoxy) is 1. The summed E-state index contributed by atoms with van der Waals surface area (Å²) >= 11 is 0. The molecule has 1 fully saturated rings. The van der Waals surface area contributed by atoms with Gasteiger partial charge in [-0.2, -0.15) is 0 Å². The fourth-order valence-electron chi connectivity index (χ4n) is 4.39. The van der Waals surface area contributed by atoms with Crippen LogP contribution in [-0.4, -0.2) is 46.2 Å². The third kappa shape index (κ3) is 6.85. The van der Waals surface area contributed by atoms with Crippen molar-refractivity contribution in [1.29, 1.82) is 0 Å². The SMILES string of the molecule is CCS(=O)(=O)Nc1ccc(C(=O)Nc2ccc(OC)c(N3CCC(F)(F)CC3)c2)c(-c2ccc(C(F)F)cc2)c1. The molecule has 1 heterocycles. The highest BCUT2D eigenvalue weighted by molar-refractivity contribution is 7.92. The number of alkyl halides is 4. The molecule has 0 bridgehead atoms. The van der Waals surface area contributed by atoms with Crippen molar-refractivity contribution in [3.63, 3.8) is 0 Å². The molecule has 0 atom stereocenters. The van der Waals surface area contributed by atoms with Gasteiger partial charge in [-0.25, -0.2) is 26.0 Å². The summed E-state index contributed by atoms with van der Waals surface area (Å²) in [4.78, 5) is 15.2. The summed E-state index contributed by atoms with van der Waals surface area (Å²) in [6.45, 7) is 1.72. The molecule has 0 spiro atoms. The molecule has 3 aromatic carbocycles. The first kappa shape index (κ1) is 29.2. The maximum absolute atomic E-state index is 13.7. The first-order chi connectivity index (χ1) is 18.9. The Bertz CT molecular complexity index is 1470. The highest BCUT2D eigenvalue weighted by atomic mass is 32.2. The number of halogens is 4. The molecule has 0 saturated carbocycles. The van der Waals surface area contributed by atoms with E-state index in [0.717, 1.165) is 0 Å². The Morgan fingerprint density at radius 3 is 2.25 bits per heavy atom. The van der Waals surface area contributed by atoms with Gasteiger partial charge in [0, 0.05) is 48.4 Å². The van der Waals surface area contributed by atoms with E-state index in [2.05, 4.69) is 10.0 Å². The molecule has 0 aliphatic carbocycles. The second kappa shape index (κ2) is 11.7. The van der Waals surface area contributed by atoms with Gasteiger partial charge in [-0.1, -0.05) is 24.3 Å². The summed E-state index contributed by atoms with van der Waals surface area (Å²) in [5.41, 5.74) is 1.87. The van der Waals surface area contributed by atoms with Crippen LogP contribution in [0.25, 0.3) is 11.1 Å². The van der Waals surface area contributed by atoms with Crippen molar-refractivity contribution in [3.05, 3.63) is 71.8 Å². The fraction of sp³-hybridized carbons (Fsp3) is 0.321. The number of carbonyl (C=O) groups excluding carboxylic acids is 1. The van der Waals surface area contributed by atoms with Crippen LogP contribution in [0.5, 0.6) is 5.75 Å². The van der Waals surface area contributed by atoms with E-state index in [0.29, 0.717) is 28.3 Å². The lowest BCUT2D eigenvalue weighted by atomic mass is 9.97. The summed E-state index contributed by atoms with van der Waals surface area (Å²) < 4.78 is 85.7. The Kier molecular flexibility index (Phi) is 8.57. The van der Waals surface area contributed by atoms with Crippen molar-refractivity contribution in [2.45, 2.75) is 32.1 Å². The number of nitrogens with zero attached hydrogens (tertiary/aromatic N) is 1. The average molecular weight is 580 g/mol. The van der Waals surface area contributed by atoms with Crippen molar-refractivity contribution >= 4 is 33.0 Å². The second-order valence-electron chi connectivity index (χ2n) is 9.37. The van der Waals surface area contributed by atoms with Crippen LogP contribution in [0, 0.1) is 0 Å². The monoisotopic (exact) mass is 579 g/mol. The van der Waals surface area contributed by atoms with Crippen molar-refractivity contribution in [2.24, 2.45) is 0 Å².